The maximum Gasteiger partial charge on any atom is 0.220 e. The number of amides is 1. The minimum absolute atomic E-state index is 0. The minimum Gasteiger partial charge on any atom is -0.356 e. The van der Waals surface area contributed by atoms with Crippen LogP contribution in [0.4, 0.5) is 0 Å². The van der Waals surface area contributed by atoms with Crippen molar-refractivity contribution in [3.63, 3.8) is 0 Å². The van der Waals surface area contributed by atoms with Crippen molar-refractivity contribution in [3.05, 3.63) is 0 Å². The van der Waals surface area contributed by atoms with Crippen molar-refractivity contribution in [1.29, 1.82) is 0 Å². The van der Waals surface area contributed by atoms with Crippen molar-refractivity contribution in [1.82, 2.24) is 10.2 Å². The SMILES string of the molecule is Cl.Cl.NCC1(CC(=O)NCCCN2CCCCCC2)CCCCC1. The van der Waals surface area contributed by atoms with E-state index in [1.165, 1.54) is 58.0 Å². The first-order chi connectivity index (χ1) is 10.7. The number of hydrogen-bond acceptors (Lipinski definition) is 3. The van der Waals surface area contributed by atoms with E-state index < -0.39 is 0 Å². The molecule has 0 aromatic heterocycles. The molecule has 1 aliphatic carbocycles. The average molecular weight is 382 g/mol. The lowest BCUT2D eigenvalue weighted by molar-refractivity contribution is -0.123. The van der Waals surface area contributed by atoms with E-state index in [-0.39, 0.29) is 36.1 Å². The number of likely N-dealkylation sites (tertiary alicyclic amines) is 1. The van der Waals surface area contributed by atoms with Crippen molar-refractivity contribution in [2.24, 2.45) is 11.1 Å². The summed E-state index contributed by atoms with van der Waals surface area (Å²) < 4.78 is 0. The lowest BCUT2D eigenvalue weighted by Crippen LogP contribution is -2.39. The fourth-order valence-electron chi connectivity index (χ4n) is 4.05. The molecular formula is C18H37Cl2N3O. The second kappa shape index (κ2) is 13.2. The van der Waals surface area contributed by atoms with Crippen LogP contribution >= 0.6 is 24.8 Å². The molecule has 144 valence electrons. The molecule has 2 rings (SSSR count). The summed E-state index contributed by atoms with van der Waals surface area (Å²) in [6, 6.07) is 0. The summed E-state index contributed by atoms with van der Waals surface area (Å²) in [4.78, 5) is 14.8. The fourth-order valence-corrected chi connectivity index (χ4v) is 4.05. The van der Waals surface area contributed by atoms with E-state index in [0.717, 1.165) is 32.4 Å². The van der Waals surface area contributed by atoms with Gasteiger partial charge in [-0.1, -0.05) is 32.1 Å². The van der Waals surface area contributed by atoms with E-state index in [2.05, 4.69) is 10.2 Å². The van der Waals surface area contributed by atoms with Crippen LogP contribution in [0.2, 0.25) is 0 Å². The smallest absolute Gasteiger partial charge is 0.220 e. The summed E-state index contributed by atoms with van der Waals surface area (Å²) in [5.41, 5.74) is 6.06. The monoisotopic (exact) mass is 381 g/mol. The maximum absolute atomic E-state index is 12.2. The largest absolute Gasteiger partial charge is 0.356 e. The molecular weight excluding hydrogens is 345 g/mol. The fraction of sp³-hybridized carbons (Fsp3) is 0.944. The van der Waals surface area contributed by atoms with Gasteiger partial charge in [0.1, 0.15) is 0 Å². The number of nitrogens with zero attached hydrogens (tertiary/aromatic N) is 1. The van der Waals surface area contributed by atoms with Gasteiger partial charge >= 0.3 is 0 Å². The molecule has 0 aromatic carbocycles. The van der Waals surface area contributed by atoms with Gasteiger partial charge in [-0.25, -0.2) is 0 Å². The van der Waals surface area contributed by atoms with E-state index in [9.17, 15) is 4.79 Å². The maximum atomic E-state index is 12.2. The number of carbonyl (C=O) groups is 1. The Hall–Kier alpha value is -0.0300. The van der Waals surface area contributed by atoms with E-state index in [1.54, 1.807) is 0 Å². The lowest BCUT2D eigenvalue weighted by Gasteiger charge is -2.35. The van der Waals surface area contributed by atoms with Gasteiger partial charge in [-0.15, -0.1) is 24.8 Å². The van der Waals surface area contributed by atoms with Crippen molar-refractivity contribution >= 4 is 30.7 Å². The topological polar surface area (TPSA) is 58.4 Å². The van der Waals surface area contributed by atoms with Crippen molar-refractivity contribution in [2.75, 3.05) is 32.7 Å². The highest BCUT2D eigenvalue weighted by atomic mass is 35.5. The first-order valence-electron chi connectivity index (χ1n) is 9.43. The van der Waals surface area contributed by atoms with E-state index in [1.807, 2.05) is 0 Å². The molecule has 4 nitrogen and oxygen atoms in total. The molecule has 1 amide bonds. The number of hydrogen-bond donors (Lipinski definition) is 2. The van der Waals surface area contributed by atoms with Crippen LogP contribution in [0.5, 0.6) is 0 Å². The Balaban J connectivity index is 0.00000264. The molecule has 2 fully saturated rings. The van der Waals surface area contributed by atoms with Crippen LogP contribution in [0, 0.1) is 5.41 Å². The van der Waals surface area contributed by atoms with Crippen LogP contribution in [-0.4, -0.2) is 43.5 Å². The van der Waals surface area contributed by atoms with Gasteiger partial charge in [0, 0.05) is 13.0 Å². The molecule has 1 saturated heterocycles. The Morgan fingerprint density at radius 3 is 2.12 bits per heavy atom. The summed E-state index contributed by atoms with van der Waals surface area (Å²) in [6.45, 7) is 5.08. The predicted molar refractivity (Wildman–Crippen MR) is 106 cm³/mol. The molecule has 0 atom stereocenters. The van der Waals surface area contributed by atoms with E-state index in [4.69, 9.17) is 5.73 Å². The van der Waals surface area contributed by atoms with Gasteiger partial charge in [-0.2, -0.15) is 0 Å². The van der Waals surface area contributed by atoms with Gasteiger partial charge in [0.25, 0.3) is 0 Å². The van der Waals surface area contributed by atoms with Crippen LogP contribution in [-0.2, 0) is 4.79 Å². The molecule has 1 heterocycles. The molecule has 0 spiro atoms. The number of nitrogens with one attached hydrogen (secondary N) is 1. The van der Waals surface area contributed by atoms with Crippen LogP contribution in [0.1, 0.15) is 70.6 Å². The zero-order valence-electron chi connectivity index (χ0n) is 15.1. The van der Waals surface area contributed by atoms with Gasteiger partial charge in [0.15, 0.2) is 0 Å². The molecule has 24 heavy (non-hydrogen) atoms. The molecule has 0 aromatic rings. The Bertz CT molecular complexity index is 328. The van der Waals surface area contributed by atoms with E-state index >= 15 is 0 Å². The zero-order chi connectivity index (χ0) is 15.7. The minimum atomic E-state index is 0. The van der Waals surface area contributed by atoms with Gasteiger partial charge < -0.3 is 16.0 Å². The van der Waals surface area contributed by atoms with Crippen LogP contribution in [0.3, 0.4) is 0 Å². The molecule has 0 radical (unpaired) electrons. The Morgan fingerprint density at radius 2 is 1.54 bits per heavy atom. The highest BCUT2D eigenvalue weighted by Gasteiger charge is 2.32. The third-order valence-corrected chi connectivity index (χ3v) is 5.55. The lowest BCUT2D eigenvalue weighted by atomic mass is 9.71. The Labute approximate surface area is 160 Å². The first-order valence-corrected chi connectivity index (χ1v) is 9.43. The Kier molecular flexibility index (Phi) is 13.2. The summed E-state index contributed by atoms with van der Waals surface area (Å²) in [6.07, 6.45) is 13.2. The van der Waals surface area contributed by atoms with Crippen LogP contribution in [0.25, 0.3) is 0 Å². The number of rotatable bonds is 7. The molecule has 1 saturated carbocycles. The van der Waals surface area contributed by atoms with Crippen molar-refractivity contribution in [2.45, 2.75) is 70.6 Å². The summed E-state index contributed by atoms with van der Waals surface area (Å²) in [5, 5.41) is 3.12. The van der Waals surface area contributed by atoms with Gasteiger partial charge in [-0.05, 0) is 63.7 Å². The highest BCUT2D eigenvalue weighted by molar-refractivity contribution is 5.85. The number of carbonyl (C=O) groups excluding carboxylic acids is 1. The van der Waals surface area contributed by atoms with Gasteiger partial charge in [-0.3, -0.25) is 4.79 Å². The average Bonchev–Trinajstić information content (AvgIpc) is 2.81. The van der Waals surface area contributed by atoms with Gasteiger partial charge in [0.2, 0.25) is 5.91 Å². The zero-order valence-corrected chi connectivity index (χ0v) is 16.7. The number of nitrogens with two attached hydrogens (primary N) is 1. The molecule has 2 aliphatic rings. The van der Waals surface area contributed by atoms with Crippen molar-refractivity contribution < 1.29 is 4.79 Å². The summed E-state index contributed by atoms with van der Waals surface area (Å²) in [5.74, 6) is 0.211. The Morgan fingerprint density at radius 1 is 0.958 bits per heavy atom. The molecule has 0 unspecified atom stereocenters. The molecule has 0 bridgehead atoms. The van der Waals surface area contributed by atoms with Crippen molar-refractivity contribution in [3.8, 4) is 0 Å². The summed E-state index contributed by atoms with van der Waals surface area (Å²) in [7, 11) is 0. The number of halogens is 2. The normalized spacial score (nSPS) is 21.0. The summed E-state index contributed by atoms with van der Waals surface area (Å²) >= 11 is 0. The first kappa shape index (κ1) is 24.0. The van der Waals surface area contributed by atoms with Crippen LogP contribution in [0.15, 0.2) is 0 Å². The highest BCUT2D eigenvalue weighted by Crippen LogP contribution is 2.38. The second-order valence-corrected chi connectivity index (χ2v) is 7.40. The third kappa shape index (κ3) is 8.37. The standard InChI is InChI=1S/C18H35N3O.2ClH/c19-16-18(9-4-3-5-10-18)15-17(22)20-11-8-14-21-12-6-1-2-7-13-21;;/h1-16,19H2,(H,20,22);2*1H. The second-order valence-electron chi connectivity index (χ2n) is 7.40. The van der Waals surface area contributed by atoms with E-state index in [0.29, 0.717) is 13.0 Å². The molecule has 6 heteroatoms. The predicted octanol–water partition coefficient (Wildman–Crippen LogP) is 3.51. The van der Waals surface area contributed by atoms with Crippen LogP contribution < -0.4 is 11.1 Å². The molecule has 1 aliphatic heterocycles. The third-order valence-electron chi connectivity index (χ3n) is 5.55. The van der Waals surface area contributed by atoms with Gasteiger partial charge in [0.05, 0.1) is 0 Å². The molecule has 3 N–H and O–H groups in total. The quantitative estimate of drug-likeness (QED) is 0.663.